The van der Waals surface area contributed by atoms with Crippen LogP contribution in [0, 0.1) is 0 Å². The van der Waals surface area contributed by atoms with Crippen molar-refractivity contribution in [3.05, 3.63) is 36.3 Å². The molecule has 3 aromatic heterocycles. The van der Waals surface area contributed by atoms with E-state index in [9.17, 15) is 9.90 Å². The molecule has 25 heavy (non-hydrogen) atoms. The molecule has 3 aromatic rings. The van der Waals surface area contributed by atoms with Gasteiger partial charge in [0.25, 0.3) is 0 Å². The summed E-state index contributed by atoms with van der Waals surface area (Å²) in [7, 11) is 1.93. The van der Waals surface area contributed by atoms with Crippen molar-refractivity contribution in [3.8, 4) is 17.0 Å². The molecular weight excluding hydrogens is 320 g/mol. The Bertz CT molecular complexity index is 945. The summed E-state index contributed by atoms with van der Waals surface area (Å²) >= 11 is 0. The molecule has 0 aliphatic carbocycles. The molecule has 0 saturated carbocycles. The molecular formula is C18H18N4O3. The van der Waals surface area contributed by atoms with Gasteiger partial charge >= 0.3 is 0 Å². The second kappa shape index (κ2) is 6.18. The van der Waals surface area contributed by atoms with Crippen molar-refractivity contribution in [1.29, 1.82) is 0 Å². The fourth-order valence-electron chi connectivity index (χ4n) is 3.27. The summed E-state index contributed by atoms with van der Waals surface area (Å²) in [6.07, 6.45) is 5.16. The lowest BCUT2D eigenvalue weighted by Gasteiger charge is -2.10. The zero-order valence-corrected chi connectivity index (χ0v) is 13.8. The van der Waals surface area contributed by atoms with Gasteiger partial charge < -0.3 is 19.7 Å². The Morgan fingerprint density at radius 2 is 2.28 bits per heavy atom. The van der Waals surface area contributed by atoms with Crippen LogP contribution in [0.2, 0.25) is 0 Å². The molecule has 7 nitrogen and oxygen atoms in total. The Kier molecular flexibility index (Phi) is 3.85. The number of aromatic nitrogens is 3. The van der Waals surface area contributed by atoms with Gasteiger partial charge in [0.15, 0.2) is 0 Å². The number of nitrogens with one attached hydrogen (secondary N) is 1. The fourth-order valence-corrected chi connectivity index (χ4v) is 3.27. The van der Waals surface area contributed by atoms with E-state index in [0.29, 0.717) is 24.5 Å². The Hall–Kier alpha value is -2.93. The number of carbonyl (C=O) groups excluding carboxylic acids is 1. The molecule has 0 spiro atoms. The van der Waals surface area contributed by atoms with Gasteiger partial charge in [-0.25, -0.2) is 4.98 Å². The van der Waals surface area contributed by atoms with E-state index >= 15 is 0 Å². The summed E-state index contributed by atoms with van der Waals surface area (Å²) in [6, 6.07) is 5.17. The van der Waals surface area contributed by atoms with E-state index in [1.165, 1.54) is 0 Å². The standard InChI is InChI=1S/C18H18N4O3/c1-22-8-14(13-6-18(20-10-23)19-7-17(13)22)16-5-12(24)4-15(21-16)11-2-3-25-9-11/h4-8,10-11H,2-3,9H2,1H3,(H,21,24)(H,19,20,23). The maximum atomic E-state index is 10.7. The molecule has 2 N–H and O–H groups in total. The van der Waals surface area contributed by atoms with Gasteiger partial charge in [-0.3, -0.25) is 9.78 Å². The zero-order valence-electron chi connectivity index (χ0n) is 13.8. The molecule has 1 atom stereocenters. The van der Waals surface area contributed by atoms with Crippen molar-refractivity contribution >= 4 is 23.1 Å². The first-order valence-corrected chi connectivity index (χ1v) is 8.10. The predicted octanol–water partition coefficient (Wildman–Crippen LogP) is 2.41. The number of amides is 1. The smallest absolute Gasteiger partial charge is 0.212 e. The molecule has 4 heterocycles. The van der Waals surface area contributed by atoms with Crippen molar-refractivity contribution in [2.75, 3.05) is 18.5 Å². The Morgan fingerprint density at radius 1 is 1.40 bits per heavy atom. The Balaban J connectivity index is 1.86. The van der Waals surface area contributed by atoms with Crippen LogP contribution in [0.3, 0.4) is 0 Å². The summed E-state index contributed by atoms with van der Waals surface area (Å²) in [5.41, 5.74) is 3.33. The molecule has 1 amide bonds. The average Bonchev–Trinajstić information content (AvgIpc) is 3.23. The van der Waals surface area contributed by atoms with Crippen LogP contribution >= 0.6 is 0 Å². The molecule has 1 aliphatic heterocycles. The summed E-state index contributed by atoms with van der Waals surface area (Å²) in [6.45, 7) is 1.35. The average molecular weight is 338 g/mol. The summed E-state index contributed by atoms with van der Waals surface area (Å²) in [5, 5.41) is 13.7. The third kappa shape index (κ3) is 2.83. The number of aryl methyl sites for hydroxylation is 1. The van der Waals surface area contributed by atoms with Crippen LogP contribution in [0.25, 0.3) is 22.2 Å². The molecule has 128 valence electrons. The highest BCUT2D eigenvalue weighted by Gasteiger charge is 2.21. The number of carbonyl (C=O) groups is 1. The number of anilines is 1. The van der Waals surface area contributed by atoms with Gasteiger partial charge in [-0.2, -0.15) is 0 Å². The van der Waals surface area contributed by atoms with Gasteiger partial charge in [0.2, 0.25) is 6.41 Å². The monoisotopic (exact) mass is 338 g/mol. The summed E-state index contributed by atoms with van der Waals surface area (Å²) in [4.78, 5) is 19.7. The second-order valence-corrected chi connectivity index (χ2v) is 6.20. The molecule has 1 unspecified atom stereocenters. The largest absolute Gasteiger partial charge is 0.508 e. The van der Waals surface area contributed by atoms with Crippen LogP contribution in [-0.4, -0.2) is 39.3 Å². The van der Waals surface area contributed by atoms with E-state index in [1.54, 1.807) is 18.3 Å². The van der Waals surface area contributed by atoms with Crippen molar-refractivity contribution in [1.82, 2.24) is 14.5 Å². The van der Waals surface area contributed by atoms with Gasteiger partial charge in [0.1, 0.15) is 11.6 Å². The first-order valence-electron chi connectivity index (χ1n) is 8.10. The van der Waals surface area contributed by atoms with Crippen molar-refractivity contribution in [2.24, 2.45) is 7.05 Å². The van der Waals surface area contributed by atoms with Crippen LogP contribution in [-0.2, 0) is 16.6 Å². The van der Waals surface area contributed by atoms with E-state index in [4.69, 9.17) is 9.72 Å². The molecule has 1 aliphatic rings. The van der Waals surface area contributed by atoms with E-state index in [2.05, 4.69) is 10.3 Å². The lowest BCUT2D eigenvalue weighted by molar-refractivity contribution is -0.105. The minimum atomic E-state index is 0.184. The minimum absolute atomic E-state index is 0.184. The molecule has 1 fully saturated rings. The molecule has 0 aromatic carbocycles. The van der Waals surface area contributed by atoms with Gasteiger partial charge in [-0.1, -0.05) is 0 Å². The van der Waals surface area contributed by atoms with E-state index in [-0.39, 0.29) is 11.7 Å². The first-order chi connectivity index (χ1) is 12.2. The maximum Gasteiger partial charge on any atom is 0.212 e. The molecule has 4 rings (SSSR count). The molecule has 7 heteroatoms. The number of nitrogens with zero attached hydrogens (tertiary/aromatic N) is 3. The fraction of sp³-hybridized carbons (Fsp3) is 0.278. The number of fused-ring (bicyclic) bond motifs is 1. The topological polar surface area (TPSA) is 89.3 Å². The number of ether oxygens (including phenoxy) is 1. The lowest BCUT2D eigenvalue weighted by atomic mass is 10.0. The van der Waals surface area contributed by atoms with Gasteiger partial charge in [-0.05, 0) is 12.5 Å². The van der Waals surface area contributed by atoms with E-state index in [1.807, 2.05) is 23.9 Å². The van der Waals surface area contributed by atoms with Crippen LogP contribution in [0.1, 0.15) is 18.0 Å². The van der Waals surface area contributed by atoms with Gasteiger partial charge in [0.05, 0.1) is 29.7 Å². The SMILES string of the molecule is Cn1cc(-c2cc(O)cc(C3CCOC3)n2)c2cc(NC=O)ncc21. The van der Waals surface area contributed by atoms with E-state index in [0.717, 1.165) is 35.2 Å². The van der Waals surface area contributed by atoms with Crippen LogP contribution in [0.15, 0.2) is 30.6 Å². The van der Waals surface area contributed by atoms with Crippen molar-refractivity contribution in [2.45, 2.75) is 12.3 Å². The Labute approximate surface area is 144 Å². The van der Waals surface area contributed by atoms with Crippen molar-refractivity contribution in [3.63, 3.8) is 0 Å². The Morgan fingerprint density at radius 3 is 3.04 bits per heavy atom. The molecule has 1 saturated heterocycles. The van der Waals surface area contributed by atoms with Gasteiger partial charge in [0, 0.05) is 48.9 Å². The lowest BCUT2D eigenvalue weighted by Crippen LogP contribution is -2.01. The zero-order chi connectivity index (χ0) is 17.4. The highest BCUT2D eigenvalue weighted by molar-refractivity contribution is 5.97. The third-order valence-electron chi connectivity index (χ3n) is 4.54. The predicted molar refractivity (Wildman–Crippen MR) is 93.5 cm³/mol. The number of rotatable bonds is 4. The quantitative estimate of drug-likeness (QED) is 0.713. The summed E-state index contributed by atoms with van der Waals surface area (Å²) in [5.74, 6) is 0.860. The third-order valence-corrected chi connectivity index (χ3v) is 4.54. The van der Waals surface area contributed by atoms with Crippen LogP contribution < -0.4 is 5.32 Å². The molecule has 0 bridgehead atoms. The van der Waals surface area contributed by atoms with Crippen LogP contribution in [0.4, 0.5) is 5.82 Å². The highest BCUT2D eigenvalue weighted by atomic mass is 16.5. The normalized spacial score (nSPS) is 17.1. The molecule has 0 radical (unpaired) electrons. The number of hydrogen-bond acceptors (Lipinski definition) is 5. The minimum Gasteiger partial charge on any atom is -0.508 e. The van der Waals surface area contributed by atoms with Crippen LogP contribution in [0.5, 0.6) is 5.75 Å². The first kappa shape index (κ1) is 15.6. The number of hydrogen-bond donors (Lipinski definition) is 2. The maximum absolute atomic E-state index is 10.7. The van der Waals surface area contributed by atoms with Crippen molar-refractivity contribution < 1.29 is 14.6 Å². The van der Waals surface area contributed by atoms with Gasteiger partial charge in [-0.15, -0.1) is 0 Å². The number of pyridine rings is 2. The highest BCUT2D eigenvalue weighted by Crippen LogP contribution is 2.34. The summed E-state index contributed by atoms with van der Waals surface area (Å²) < 4.78 is 7.39. The number of aromatic hydroxyl groups is 1. The second-order valence-electron chi connectivity index (χ2n) is 6.20. The van der Waals surface area contributed by atoms with E-state index < -0.39 is 0 Å².